The molecule has 18 heavy (non-hydrogen) atoms. The third kappa shape index (κ3) is 14.0. The fraction of sp³-hybridized carbons (Fsp3) is 1.00. The molecule has 0 aliphatic heterocycles. The first-order valence-corrected chi connectivity index (χ1v) is 8.49. The molecule has 0 aliphatic carbocycles. The minimum Gasteiger partial charge on any atom is -0.307 e. The van der Waals surface area contributed by atoms with Crippen molar-refractivity contribution in [2.45, 2.75) is 90.9 Å². The lowest BCUT2D eigenvalue weighted by Crippen LogP contribution is -2.18. The predicted octanol–water partition coefficient (Wildman–Crippen LogP) is 5.64. The second kappa shape index (κ2) is 15.0. The van der Waals surface area contributed by atoms with Gasteiger partial charge in [-0.3, -0.25) is 0 Å². The summed E-state index contributed by atoms with van der Waals surface area (Å²) in [5.74, 6) is 0. The molecule has 0 aliphatic rings. The molecule has 0 aromatic heterocycles. The maximum atomic E-state index is 2.41. The molecule has 0 atom stereocenters. The van der Waals surface area contributed by atoms with Crippen LogP contribution in [0.5, 0.6) is 0 Å². The summed E-state index contributed by atoms with van der Waals surface area (Å²) in [5.41, 5.74) is 0. The van der Waals surface area contributed by atoms with Crippen LogP contribution in [0.2, 0.25) is 0 Å². The number of hydrogen-bond donors (Lipinski definition) is 0. The number of hydrogen-bond acceptors (Lipinski definition) is 1. The summed E-state index contributed by atoms with van der Waals surface area (Å²) < 4.78 is 0. The average Bonchev–Trinajstić information content (AvgIpc) is 2.39. The van der Waals surface area contributed by atoms with Crippen molar-refractivity contribution in [1.82, 2.24) is 4.90 Å². The Morgan fingerprint density at radius 3 is 1.33 bits per heavy atom. The summed E-state index contributed by atoms with van der Waals surface area (Å²) in [6.45, 7) is 7.00. The van der Waals surface area contributed by atoms with Crippen LogP contribution in [0.25, 0.3) is 0 Å². The van der Waals surface area contributed by atoms with Crippen LogP contribution in [0.15, 0.2) is 0 Å². The Morgan fingerprint density at radius 2 is 0.944 bits per heavy atom. The molecule has 1 nitrogen and oxygen atoms in total. The van der Waals surface area contributed by atoms with Crippen molar-refractivity contribution in [3.8, 4) is 0 Å². The quantitative estimate of drug-likeness (QED) is 0.363. The van der Waals surface area contributed by atoms with Gasteiger partial charge in [-0.2, -0.15) is 0 Å². The van der Waals surface area contributed by atoms with Gasteiger partial charge in [0.1, 0.15) is 0 Å². The molecule has 0 heterocycles. The molecular weight excluding hydrogens is 218 g/mol. The van der Waals surface area contributed by atoms with Crippen molar-refractivity contribution in [2.75, 3.05) is 20.1 Å². The van der Waals surface area contributed by atoms with E-state index < -0.39 is 0 Å². The van der Waals surface area contributed by atoms with Crippen LogP contribution >= 0.6 is 0 Å². The van der Waals surface area contributed by atoms with Gasteiger partial charge in [0.25, 0.3) is 0 Å². The van der Waals surface area contributed by atoms with Crippen molar-refractivity contribution in [3.63, 3.8) is 0 Å². The van der Waals surface area contributed by atoms with Crippen molar-refractivity contribution < 1.29 is 0 Å². The minimum absolute atomic E-state index is 1.19. The number of unbranched alkanes of at least 4 members (excludes halogenated alkanes) is 11. The van der Waals surface area contributed by atoms with Gasteiger partial charge < -0.3 is 4.90 Å². The molecular formula is C17H37N. The van der Waals surface area contributed by atoms with Gasteiger partial charge >= 0.3 is 0 Å². The zero-order chi connectivity index (χ0) is 13.5. The molecule has 0 amide bonds. The maximum Gasteiger partial charge on any atom is -0.00219 e. The van der Waals surface area contributed by atoms with Gasteiger partial charge in [-0.05, 0) is 26.6 Å². The lowest BCUT2D eigenvalue weighted by Gasteiger charge is -2.12. The SMILES string of the molecule is CCCCCCCCCCCCCCN(C)CC. The van der Waals surface area contributed by atoms with E-state index in [-0.39, 0.29) is 0 Å². The fourth-order valence-corrected chi connectivity index (χ4v) is 2.38. The standard InChI is InChI=1S/C17H37N/c1-4-6-7-8-9-10-11-12-13-14-15-16-17-18(3)5-2/h4-17H2,1-3H3. The Hall–Kier alpha value is -0.0400. The molecule has 0 spiro atoms. The Morgan fingerprint density at radius 1 is 0.556 bits per heavy atom. The van der Waals surface area contributed by atoms with Gasteiger partial charge in [0, 0.05) is 0 Å². The van der Waals surface area contributed by atoms with E-state index in [1.165, 1.54) is 90.1 Å². The topological polar surface area (TPSA) is 3.24 Å². The Bertz CT molecular complexity index is 145. The summed E-state index contributed by atoms with van der Waals surface area (Å²) in [4.78, 5) is 2.41. The molecule has 0 fully saturated rings. The average molecular weight is 255 g/mol. The summed E-state index contributed by atoms with van der Waals surface area (Å²) in [7, 11) is 2.22. The number of nitrogens with zero attached hydrogens (tertiary/aromatic N) is 1. The molecule has 0 saturated heterocycles. The second-order valence-corrected chi connectivity index (χ2v) is 5.78. The first-order chi connectivity index (χ1) is 8.81. The van der Waals surface area contributed by atoms with Gasteiger partial charge in [-0.1, -0.05) is 84.5 Å². The molecule has 0 aromatic rings. The van der Waals surface area contributed by atoms with Gasteiger partial charge in [-0.15, -0.1) is 0 Å². The Balaban J connectivity index is 2.94. The van der Waals surface area contributed by atoms with Crippen molar-refractivity contribution in [2.24, 2.45) is 0 Å². The van der Waals surface area contributed by atoms with Crippen LogP contribution < -0.4 is 0 Å². The monoisotopic (exact) mass is 255 g/mol. The van der Waals surface area contributed by atoms with Gasteiger partial charge in [0.05, 0.1) is 0 Å². The number of rotatable bonds is 14. The van der Waals surface area contributed by atoms with Crippen molar-refractivity contribution >= 4 is 0 Å². The molecule has 0 rings (SSSR count). The molecule has 0 bridgehead atoms. The van der Waals surface area contributed by atoms with Crippen LogP contribution in [0, 0.1) is 0 Å². The van der Waals surface area contributed by atoms with E-state index >= 15 is 0 Å². The van der Waals surface area contributed by atoms with Crippen LogP contribution in [-0.4, -0.2) is 25.0 Å². The Labute approximate surface area is 116 Å². The lowest BCUT2D eigenvalue weighted by atomic mass is 10.1. The van der Waals surface area contributed by atoms with Crippen LogP contribution in [0.4, 0.5) is 0 Å². The molecule has 0 saturated carbocycles. The predicted molar refractivity (Wildman–Crippen MR) is 84.2 cm³/mol. The Kier molecular flexibility index (Phi) is 15.0. The first-order valence-electron chi connectivity index (χ1n) is 8.49. The third-order valence-corrected chi connectivity index (χ3v) is 3.93. The smallest absolute Gasteiger partial charge is 0.00219 e. The minimum atomic E-state index is 1.19. The summed E-state index contributed by atoms with van der Waals surface area (Å²) >= 11 is 0. The fourth-order valence-electron chi connectivity index (χ4n) is 2.38. The van der Waals surface area contributed by atoms with E-state index in [2.05, 4.69) is 25.8 Å². The van der Waals surface area contributed by atoms with E-state index in [0.29, 0.717) is 0 Å². The first kappa shape index (κ1) is 18.0. The normalized spacial score (nSPS) is 11.3. The van der Waals surface area contributed by atoms with Crippen LogP contribution in [-0.2, 0) is 0 Å². The van der Waals surface area contributed by atoms with Crippen molar-refractivity contribution in [1.29, 1.82) is 0 Å². The highest BCUT2D eigenvalue weighted by molar-refractivity contribution is 4.51. The largest absolute Gasteiger partial charge is 0.307 e. The van der Waals surface area contributed by atoms with Crippen molar-refractivity contribution in [3.05, 3.63) is 0 Å². The highest BCUT2D eigenvalue weighted by Crippen LogP contribution is 2.11. The zero-order valence-electron chi connectivity index (χ0n) is 13.3. The maximum absolute atomic E-state index is 2.41. The van der Waals surface area contributed by atoms with Gasteiger partial charge in [0.2, 0.25) is 0 Å². The molecule has 0 aromatic carbocycles. The third-order valence-electron chi connectivity index (χ3n) is 3.93. The highest BCUT2D eigenvalue weighted by Gasteiger charge is 1.95. The summed E-state index contributed by atoms with van der Waals surface area (Å²) in [6.07, 6.45) is 17.4. The lowest BCUT2D eigenvalue weighted by molar-refractivity contribution is 0.340. The molecule has 110 valence electrons. The van der Waals surface area contributed by atoms with E-state index in [1.807, 2.05) is 0 Å². The second-order valence-electron chi connectivity index (χ2n) is 5.78. The highest BCUT2D eigenvalue weighted by atomic mass is 15.1. The van der Waals surface area contributed by atoms with Crippen LogP contribution in [0.3, 0.4) is 0 Å². The molecule has 0 unspecified atom stereocenters. The van der Waals surface area contributed by atoms with Gasteiger partial charge in [-0.25, -0.2) is 0 Å². The van der Waals surface area contributed by atoms with E-state index in [1.54, 1.807) is 0 Å². The molecule has 1 heteroatoms. The van der Waals surface area contributed by atoms with E-state index in [0.717, 1.165) is 0 Å². The summed E-state index contributed by atoms with van der Waals surface area (Å²) in [5, 5.41) is 0. The van der Waals surface area contributed by atoms with Crippen LogP contribution in [0.1, 0.15) is 90.9 Å². The summed E-state index contributed by atoms with van der Waals surface area (Å²) in [6, 6.07) is 0. The van der Waals surface area contributed by atoms with Gasteiger partial charge in [0.15, 0.2) is 0 Å². The zero-order valence-corrected chi connectivity index (χ0v) is 13.3. The van der Waals surface area contributed by atoms with E-state index in [4.69, 9.17) is 0 Å². The van der Waals surface area contributed by atoms with E-state index in [9.17, 15) is 0 Å². The molecule has 0 N–H and O–H groups in total. The molecule has 0 radical (unpaired) electrons.